The van der Waals surface area contributed by atoms with Crippen LogP contribution in [0.2, 0.25) is 0 Å². The second kappa shape index (κ2) is 9.44. The maximum atomic E-state index is 11.7. The number of benzene rings is 1. The Hall–Kier alpha value is -2.04. The van der Waals surface area contributed by atoms with E-state index in [0.29, 0.717) is 29.9 Å². The van der Waals surface area contributed by atoms with Crippen LogP contribution in [0.15, 0.2) is 12.1 Å². The highest BCUT2D eigenvalue weighted by Crippen LogP contribution is 2.33. The number of unbranched alkanes of at least 4 members (excludes halogenated alkanes) is 1. The van der Waals surface area contributed by atoms with Crippen LogP contribution in [0.5, 0.6) is 11.5 Å². The summed E-state index contributed by atoms with van der Waals surface area (Å²) in [7, 11) is 1.40. The molecule has 1 N–H and O–H groups in total. The molecule has 0 aromatic heterocycles. The molecule has 0 amide bonds. The molecule has 0 atom stereocenters. The monoisotopic (exact) mass is 350 g/mol. The van der Waals surface area contributed by atoms with Gasteiger partial charge in [0, 0.05) is 5.56 Å². The fourth-order valence-electron chi connectivity index (χ4n) is 2.76. The Bertz CT molecular complexity index is 604. The van der Waals surface area contributed by atoms with Crippen LogP contribution in [0.4, 0.5) is 0 Å². The minimum Gasteiger partial charge on any atom is -0.507 e. The smallest absolute Gasteiger partial charge is 0.311 e. The van der Waals surface area contributed by atoms with E-state index in [2.05, 4.69) is 0 Å². The van der Waals surface area contributed by atoms with Crippen molar-refractivity contribution < 1.29 is 24.2 Å². The number of methoxy groups -OCH3 is 1. The van der Waals surface area contributed by atoms with Crippen molar-refractivity contribution in [3.05, 3.63) is 23.3 Å². The number of hydrogen-bond acceptors (Lipinski definition) is 5. The molecule has 1 aromatic rings. The van der Waals surface area contributed by atoms with Crippen LogP contribution in [-0.4, -0.2) is 30.6 Å². The van der Waals surface area contributed by atoms with Crippen LogP contribution in [-0.2, 0) is 16.0 Å². The van der Waals surface area contributed by atoms with Gasteiger partial charge in [-0.2, -0.15) is 0 Å². The lowest BCUT2D eigenvalue weighted by molar-refractivity contribution is -0.151. The van der Waals surface area contributed by atoms with Crippen molar-refractivity contribution in [2.45, 2.75) is 59.8 Å². The highest BCUT2D eigenvalue weighted by Gasteiger charge is 2.27. The lowest BCUT2D eigenvalue weighted by Gasteiger charge is -2.21. The third-order valence-electron chi connectivity index (χ3n) is 4.31. The molecule has 0 saturated heterocycles. The number of esters is 1. The van der Waals surface area contributed by atoms with Crippen LogP contribution >= 0.6 is 0 Å². The summed E-state index contributed by atoms with van der Waals surface area (Å²) in [4.78, 5) is 23.2. The van der Waals surface area contributed by atoms with E-state index in [9.17, 15) is 14.7 Å². The minimum atomic E-state index is -0.497. The Balaban J connectivity index is 2.64. The third-order valence-corrected chi connectivity index (χ3v) is 4.31. The average Bonchev–Trinajstić information content (AvgIpc) is 2.56. The summed E-state index contributed by atoms with van der Waals surface area (Å²) in [6, 6.07) is 3.35. The number of carbonyl (C=O) groups excluding carboxylic acids is 2. The first-order valence-electron chi connectivity index (χ1n) is 8.81. The standard InChI is InChI=1S/C20H30O5/c1-6-9-16-17(11-10-15(14(2)21)18(16)22)25-13-8-7-12-20(3,4)19(23)24-5/h10-11,22H,6-9,12-13H2,1-5H3. The van der Waals surface area contributed by atoms with E-state index < -0.39 is 5.41 Å². The van der Waals surface area contributed by atoms with Gasteiger partial charge in [0.05, 0.1) is 24.7 Å². The lowest BCUT2D eigenvalue weighted by Crippen LogP contribution is -2.25. The third kappa shape index (κ3) is 5.76. The molecule has 140 valence electrons. The van der Waals surface area contributed by atoms with Gasteiger partial charge >= 0.3 is 5.97 Å². The molecule has 0 aliphatic carbocycles. The second-order valence-electron chi connectivity index (χ2n) is 6.93. The van der Waals surface area contributed by atoms with Crippen molar-refractivity contribution in [1.29, 1.82) is 0 Å². The lowest BCUT2D eigenvalue weighted by atomic mass is 9.87. The molecule has 5 nitrogen and oxygen atoms in total. The van der Waals surface area contributed by atoms with E-state index in [1.165, 1.54) is 14.0 Å². The Labute approximate surface area is 150 Å². The molecule has 1 aromatic carbocycles. The molecule has 0 bridgehead atoms. The molecule has 0 fully saturated rings. The molecule has 0 unspecified atom stereocenters. The molecule has 0 saturated carbocycles. The van der Waals surface area contributed by atoms with Gasteiger partial charge in [-0.1, -0.05) is 13.3 Å². The molecule has 0 aliphatic heterocycles. The van der Waals surface area contributed by atoms with E-state index in [4.69, 9.17) is 9.47 Å². The minimum absolute atomic E-state index is 0.0266. The normalized spacial score (nSPS) is 11.2. The van der Waals surface area contributed by atoms with Crippen LogP contribution in [0.1, 0.15) is 69.3 Å². The number of ether oxygens (including phenoxy) is 2. The fraction of sp³-hybridized carbons (Fsp3) is 0.600. The average molecular weight is 350 g/mol. The number of carbonyl (C=O) groups is 2. The van der Waals surface area contributed by atoms with E-state index in [0.717, 1.165) is 25.7 Å². The number of aromatic hydroxyl groups is 1. The summed E-state index contributed by atoms with van der Waals surface area (Å²) in [5.74, 6) is 0.282. The van der Waals surface area contributed by atoms with Crippen molar-refractivity contribution in [3.8, 4) is 11.5 Å². The van der Waals surface area contributed by atoms with Gasteiger partial charge in [-0.15, -0.1) is 0 Å². The first-order chi connectivity index (χ1) is 11.7. The summed E-state index contributed by atoms with van der Waals surface area (Å²) in [5.41, 5.74) is 0.518. The number of hydrogen-bond donors (Lipinski definition) is 1. The van der Waals surface area contributed by atoms with Gasteiger partial charge in [0.25, 0.3) is 0 Å². The van der Waals surface area contributed by atoms with E-state index in [1.54, 1.807) is 12.1 Å². The van der Waals surface area contributed by atoms with Gasteiger partial charge in [-0.3, -0.25) is 9.59 Å². The molecule has 5 heteroatoms. The topological polar surface area (TPSA) is 72.8 Å². The summed E-state index contributed by atoms with van der Waals surface area (Å²) in [5, 5.41) is 10.3. The molecule has 0 heterocycles. The quantitative estimate of drug-likeness (QED) is 0.387. The van der Waals surface area contributed by atoms with Crippen molar-refractivity contribution in [1.82, 2.24) is 0 Å². The maximum Gasteiger partial charge on any atom is 0.311 e. The first-order valence-corrected chi connectivity index (χ1v) is 8.81. The van der Waals surface area contributed by atoms with E-state index >= 15 is 0 Å². The Morgan fingerprint density at radius 2 is 1.88 bits per heavy atom. The zero-order valence-corrected chi connectivity index (χ0v) is 16.0. The summed E-state index contributed by atoms with van der Waals surface area (Å²) >= 11 is 0. The summed E-state index contributed by atoms with van der Waals surface area (Å²) in [6.45, 7) is 7.69. The van der Waals surface area contributed by atoms with Gasteiger partial charge in [0.15, 0.2) is 5.78 Å². The van der Waals surface area contributed by atoms with Crippen molar-refractivity contribution in [2.24, 2.45) is 5.41 Å². The second-order valence-corrected chi connectivity index (χ2v) is 6.93. The number of phenolic OH excluding ortho intramolecular Hbond substituents is 1. The first kappa shape index (κ1) is 21.0. The van der Waals surface area contributed by atoms with Crippen molar-refractivity contribution >= 4 is 11.8 Å². The highest BCUT2D eigenvalue weighted by atomic mass is 16.5. The van der Waals surface area contributed by atoms with Crippen LogP contribution in [0, 0.1) is 5.41 Å². The SMILES string of the molecule is CCCc1c(OCCCCC(C)(C)C(=O)OC)ccc(C(C)=O)c1O. The van der Waals surface area contributed by atoms with Crippen molar-refractivity contribution in [2.75, 3.05) is 13.7 Å². The van der Waals surface area contributed by atoms with Gasteiger partial charge in [-0.25, -0.2) is 0 Å². The van der Waals surface area contributed by atoms with Gasteiger partial charge < -0.3 is 14.6 Å². The van der Waals surface area contributed by atoms with Crippen LogP contribution < -0.4 is 4.74 Å². The largest absolute Gasteiger partial charge is 0.507 e. The molecular weight excluding hydrogens is 320 g/mol. The van der Waals surface area contributed by atoms with Crippen LogP contribution in [0.25, 0.3) is 0 Å². The molecule has 0 spiro atoms. The van der Waals surface area contributed by atoms with E-state index in [-0.39, 0.29) is 17.5 Å². The molecule has 1 rings (SSSR count). The number of phenols is 1. The molecule has 0 radical (unpaired) electrons. The Morgan fingerprint density at radius 3 is 2.44 bits per heavy atom. The summed E-state index contributed by atoms with van der Waals surface area (Å²) < 4.78 is 10.6. The van der Waals surface area contributed by atoms with Gasteiger partial charge in [0.1, 0.15) is 11.5 Å². The van der Waals surface area contributed by atoms with E-state index in [1.807, 2.05) is 20.8 Å². The predicted molar refractivity (Wildman–Crippen MR) is 97.2 cm³/mol. The predicted octanol–water partition coefficient (Wildman–Crippen LogP) is 4.30. The van der Waals surface area contributed by atoms with Crippen molar-refractivity contribution in [3.63, 3.8) is 0 Å². The molecule has 0 aliphatic rings. The molecule has 25 heavy (non-hydrogen) atoms. The number of rotatable bonds is 10. The zero-order chi connectivity index (χ0) is 19.0. The van der Waals surface area contributed by atoms with Gasteiger partial charge in [0.2, 0.25) is 0 Å². The maximum absolute atomic E-state index is 11.7. The Morgan fingerprint density at radius 1 is 1.20 bits per heavy atom. The Kier molecular flexibility index (Phi) is 7.94. The van der Waals surface area contributed by atoms with Crippen LogP contribution in [0.3, 0.4) is 0 Å². The zero-order valence-electron chi connectivity index (χ0n) is 16.0. The highest BCUT2D eigenvalue weighted by molar-refractivity contribution is 5.97. The van der Waals surface area contributed by atoms with Gasteiger partial charge in [-0.05, 0) is 58.6 Å². The molecular formula is C20H30O5. The fourth-order valence-corrected chi connectivity index (χ4v) is 2.76. The number of ketones is 1. The summed E-state index contributed by atoms with van der Waals surface area (Å²) in [6.07, 6.45) is 3.85. The number of Topliss-reactive ketones (excluding diaryl/α,β-unsaturated/α-hetero) is 1.